The van der Waals surface area contributed by atoms with Gasteiger partial charge in [0.1, 0.15) is 11.3 Å². The molecule has 0 spiro atoms. The standard InChI is InChI=1S/C21H16Cl2F2N2O5/c1-11-6-7-12-13(22)8-14(23)20(19(12)26-11)31-10-18(29)30-9-17(28)27-15-4-2-3-5-16(15)32-21(24)25/h2-8,21H,9-10H2,1H3,(H,27,28). The Kier molecular flexibility index (Phi) is 7.66. The molecule has 7 nitrogen and oxygen atoms in total. The van der Waals surface area contributed by atoms with E-state index < -0.39 is 31.7 Å². The number of aryl methyl sites for hydroxylation is 1. The van der Waals surface area contributed by atoms with Crippen LogP contribution in [0.15, 0.2) is 42.5 Å². The molecule has 0 saturated heterocycles. The Labute approximate surface area is 191 Å². The first-order valence-corrected chi connectivity index (χ1v) is 9.87. The molecule has 0 fully saturated rings. The minimum absolute atomic E-state index is 0.00552. The fraction of sp³-hybridized carbons (Fsp3) is 0.190. The van der Waals surface area contributed by atoms with E-state index in [4.69, 9.17) is 32.7 Å². The Morgan fingerprint density at radius 2 is 1.84 bits per heavy atom. The van der Waals surface area contributed by atoms with E-state index >= 15 is 0 Å². The van der Waals surface area contributed by atoms with Crippen LogP contribution in [-0.4, -0.2) is 36.7 Å². The first kappa shape index (κ1) is 23.5. The Morgan fingerprint density at radius 1 is 1.09 bits per heavy atom. The van der Waals surface area contributed by atoms with Gasteiger partial charge in [-0.05, 0) is 37.3 Å². The van der Waals surface area contributed by atoms with Crippen LogP contribution in [0.5, 0.6) is 11.5 Å². The van der Waals surface area contributed by atoms with Gasteiger partial charge >= 0.3 is 12.6 Å². The van der Waals surface area contributed by atoms with Gasteiger partial charge in [0.15, 0.2) is 19.0 Å². The molecule has 0 saturated carbocycles. The number of aromatic nitrogens is 1. The van der Waals surface area contributed by atoms with Gasteiger partial charge in [0.05, 0.1) is 15.7 Å². The van der Waals surface area contributed by atoms with Crippen LogP contribution in [0.2, 0.25) is 10.0 Å². The predicted octanol–water partition coefficient (Wildman–Crippen LogP) is 5.01. The number of carbonyl (C=O) groups excluding carboxylic acids is 2. The summed E-state index contributed by atoms with van der Waals surface area (Å²) in [7, 11) is 0. The number of ether oxygens (including phenoxy) is 3. The van der Waals surface area contributed by atoms with Gasteiger partial charge in [0.25, 0.3) is 5.91 Å². The second kappa shape index (κ2) is 10.4. The van der Waals surface area contributed by atoms with Gasteiger partial charge in [0.2, 0.25) is 0 Å². The van der Waals surface area contributed by atoms with Crippen LogP contribution in [0.25, 0.3) is 10.9 Å². The summed E-state index contributed by atoms with van der Waals surface area (Å²) in [6, 6.07) is 10.6. The van der Waals surface area contributed by atoms with E-state index in [0.717, 1.165) is 0 Å². The summed E-state index contributed by atoms with van der Waals surface area (Å²) >= 11 is 12.4. The normalized spacial score (nSPS) is 10.8. The largest absolute Gasteiger partial charge is 0.478 e. The lowest BCUT2D eigenvalue weighted by atomic mass is 10.2. The minimum Gasteiger partial charge on any atom is -0.478 e. The molecule has 1 N–H and O–H groups in total. The van der Waals surface area contributed by atoms with Crippen molar-refractivity contribution >= 4 is 51.7 Å². The molecule has 1 heterocycles. The molecule has 3 aromatic rings. The van der Waals surface area contributed by atoms with Crippen LogP contribution < -0.4 is 14.8 Å². The van der Waals surface area contributed by atoms with Crippen LogP contribution in [0.1, 0.15) is 5.69 Å². The number of halogens is 4. The molecular formula is C21H16Cl2F2N2O5. The maximum Gasteiger partial charge on any atom is 0.387 e. The van der Waals surface area contributed by atoms with Gasteiger partial charge in [-0.2, -0.15) is 8.78 Å². The number of hydrogen-bond donors (Lipinski definition) is 1. The summed E-state index contributed by atoms with van der Waals surface area (Å²) in [5.74, 6) is -1.69. The van der Waals surface area contributed by atoms with Gasteiger partial charge in [-0.25, -0.2) is 9.78 Å². The Balaban J connectivity index is 1.59. The van der Waals surface area contributed by atoms with Crippen molar-refractivity contribution in [3.05, 3.63) is 58.2 Å². The third kappa shape index (κ3) is 5.95. The number of nitrogens with one attached hydrogen (secondary N) is 1. The number of alkyl halides is 2. The van der Waals surface area contributed by atoms with Crippen molar-refractivity contribution in [2.24, 2.45) is 0 Å². The van der Waals surface area contributed by atoms with E-state index in [2.05, 4.69) is 15.0 Å². The number of benzene rings is 2. The molecule has 0 bridgehead atoms. The highest BCUT2D eigenvalue weighted by atomic mass is 35.5. The quantitative estimate of drug-likeness (QED) is 0.452. The average Bonchev–Trinajstić information content (AvgIpc) is 2.73. The lowest BCUT2D eigenvalue weighted by molar-refractivity contribution is -0.149. The van der Waals surface area contributed by atoms with E-state index in [1.54, 1.807) is 19.1 Å². The van der Waals surface area contributed by atoms with Gasteiger partial charge in [-0.1, -0.05) is 35.3 Å². The minimum atomic E-state index is -3.06. The third-order valence-electron chi connectivity index (χ3n) is 4.05. The highest BCUT2D eigenvalue weighted by molar-refractivity contribution is 6.39. The Bertz CT molecular complexity index is 1160. The number of hydrogen-bond acceptors (Lipinski definition) is 6. The fourth-order valence-electron chi connectivity index (χ4n) is 2.70. The van der Waals surface area contributed by atoms with Crippen LogP contribution in [-0.2, 0) is 14.3 Å². The summed E-state index contributed by atoms with van der Waals surface area (Å²) in [5, 5.41) is 3.45. The molecule has 1 amide bonds. The molecule has 0 radical (unpaired) electrons. The predicted molar refractivity (Wildman–Crippen MR) is 115 cm³/mol. The van der Waals surface area contributed by atoms with E-state index in [-0.39, 0.29) is 22.2 Å². The number of nitrogens with zero attached hydrogens (tertiary/aromatic N) is 1. The summed E-state index contributed by atoms with van der Waals surface area (Å²) < 4.78 is 39.5. The summed E-state index contributed by atoms with van der Waals surface area (Å²) in [6.45, 7) is -2.51. The number of carbonyl (C=O) groups is 2. The van der Waals surface area contributed by atoms with Crippen LogP contribution in [0.3, 0.4) is 0 Å². The van der Waals surface area contributed by atoms with Crippen LogP contribution >= 0.6 is 23.2 Å². The topological polar surface area (TPSA) is 86.8 Å². The number of amides is 1. The zero-order valence-corrected chi connectivity index (χ0v) is 18.0. The lowest BCUT2D eigenvalue weighted by Crippen LogP contribution is -2.24. The number of fused-ring (bicyclic) bond motifs is 1. The first-order chi connectivity index (χ1) is 15.2. The molecule has 1 aromatic heterocycles. The van der Waals surface area contributed by atoms with Crippen LogP contribution in [0, 0.1) is 6.92 Å². The molecule has 0 aliphatic carbocycles. The van der Waals surface area contributed by atoms with Crippen molar-refractivity contribution in [1.82, 2.24) is 4.98 Å². The average molecular weight is 485 g/mol. The summed E-state index contributed by atoms with van der Waals surface area (Å²) in [6.07, 6.45) is 0. The van der Waals surface area contributed by atoms with Crippen molar-refractivity contribution in [3.63, 3.8) is 0 Å². The number of esters is 1. The molecule has 0 unspecified atom stereocenters. The lowest BCUT2D eigenvalue weighted by Gasteiger charge is -2.13. The third-order valence-corrected chi connectivity index (χ3v) is 4.65. The Hall–Kier alpha value is -3.17. The Morgan fingerprint density at radius 3 is 2.59 bits per heavy atom. The molecule has 168 valence electrons. The monoisotopic (exact) mass is 484 g/mol. The van der Waals surface area contributed by atoms with Gasteiger partial charge in [0, 0.05) is 11.1 Å². The van der Waals surface area contributed by atoms with Gasteiger partial charge < -0.3 is 19.5 Å². The molecular weight excluding hydrogens is 469 g/mol. The van der Waals surface area contributed by atoms with E-state index in [0.29, 0.717) is 21.6 Å². The zero-order chi connectivity index (χ0) is 23.3. The number of pyridine rings is 1. The molecule has 0 atom stereocenters. The maximum atomic E-state index is 12.4. The molecule has 0 aliphatic rings. The highest BCUT2D eigenvalue weighted by Gasteiger charge is 2.17. The molecule has 0 aliphatic heterocycles. The summed E-state index contributed by atoms with van der Waals surface area (Å²) in [5.41, 5.74) is 1.07. The highest BCUT2D eigenvalue weighted by Crippen LogP contribution is 2.37. The van der Waals surface area contributed by atoms with Crippen LogP contribution in [0.4, 0.5) is 14.5 Å². The number of para-hydroxylation sites is 2. The van der Waals surface area contributed by atoms with Gasteiger partial charge in [-0.3, -0.25) is 4.79 Å². The summed E-state index contributed by atoms with van der Waals surface area (Å²) in [4.78, 5) is 28.4. The molecule has 2 aromatic carbocycles. The smallest absolute Gasteiger partial charge is 0.387 e. The van der Waals surface area contributed by atoms with Crippen molar-refractivity contribution in [3.8, 4) is 11.5 Å². The SMILES string of the molecule is Cc1ccc2c(Cl)cc(Cl)c(OCC(=O)OCC(=O)Nc3ccccc3OC(F)F)c2n1. The molecule has 3 rings (SSSR count). The molecule has 11 heteroatoms. The fourth-order valence-corrected chi connectivity index (χ4v) is 3.27. The van der Waals surface area contributed by atoms with Crippen molar-refractivity contribution in [2.75, 3.05) is 18.5 Å². The molecule has 32 heavy (non-hydrogen) atoms. The van der Waals surface area contributed by atoms with E-state index in [1.165, 1.54) is 30.3 Å². The second-order valence-electron chi connectivity index (χ2n) is 6.39. The van der Waals surface area contributed by atoms with E-state index in [1.807, 2.05) is 0 Å². The zero-order valence-electron chi connectivity index (χ0n) is 16.5. The van der Waals surface area contributed by atoms with Gasteiger partial charge in [-0.15, -0.1) is 0 Å². The first-order valence-electron chi connectivity index (χ1n) is 9.12. The van der Waals surface area contributed by atoms with Crippen molar-refractivity contribution in [1.29, 1.82) is 0 Å². The second-order valence-corrected chi connectivity index (χ2v) is 7.20. The maximum absolute atomic E-state index is 12.4. The number of anilines is 1. The van der Waals surface area contributed by atoms with E-state index in [9.17, 15) is 18.4 Å². The number of rotatable bonds is 8. The van der Waals surface area contributed by atoms with Crippen molar-refractivity contribution in [2.45, 2.75) is 13.5 Å². The van der Waals surface area contributed by atoms with Crippen molar-refractivity contribution < 1.29 is 32.6 Å².